The average Bonchev–Trinajstić information content (AvgIpc) is 3.39. The topological polar surface area (TPSA) is 52.0 Å². The second kappa shape index (κ2) is 7.35. The third kappa shape index (κ3) is 4.16. The van der Waals surface area contributed by atoms with Gasteiger partial charge in [0, 0.05) is 29.0 Å². The first-order valence-corrected chi connectivity index (χ1v) is 9.48. The summed E-state index contributed by atoms with van der Waals surface area (Å²) >= 11 is 2.05. The van der Waals surface area contributed by atoms with Gasteiger partial charge in [-0.3, -0.25) is 9.59 Å². The molecule has 0 N–H and O–H groups in total. The lowest BCUT2D eigenvalue weighted by atomic mass is 9.96. The number of carbonyl (C=O) groups excluding carboxylic acids is 1. The van der Waals surface area contributed by atoms with Crippen molar-refractivity contribution in [3.63, 3.8) is 0 Å². The van der Waals surface area contributed by atoms with Crippen LogP contribution in [0.2, 0.25) is 0 Å². The van der Waals surface area contributed by atoms with Crippen molar-refractivity contribution in [3.05, 3.63) is 60.3 Å². The number of carbonyl (C=O) groups is 1. The molecule has 4 nitrogen and oxygen atoms in total. The van der Waals surface area contributed by atoms with Gasteiger partial charge < -0.3 is 0 Å². The maximum absolute atomic E-state index is 14.2. The molecule has 1 aromatic heterocycles. The van der Waals surface area contributed by atoms with Gasteiger partial charge in [0.2, 0.25) is 0 Å². The lowest BCUT2D eigenvalue weighted by Gasteiger charge is -2.13. The first-order valence-electron chi connectivity index (χ1n) is 8.40. The van der Waals surface area contributed by atoms with E-state index in [4.69, 9.17) is 0 Å². The fourth-order valence-electron chi connectivity index (χ4n) is 2.96. The van der Waals surface area contributed by atoms with Crippen molar-refractivity contribution in [3.8, 4) is 0 Å². The van der Waals surface area contributed by atoms with E-state index in [0.29, 0.717) is 34.7 Å². The van der Waals surface area contributed by atoms with Crippen LogP contribution in [0.15, 0.2) is 23.0 Å². The minimum Gasteiger partial charge on any atom is -0.292 e. The van der Waals surface area contributed by atoms with Crippen LogP contribution >= 0.6 is 22.6 Å². The van der Waals surface area contributed by atoms with E-state index in [1.807, 2.05) is 28.7 Å². The SMILES string of the molecule is Cc1c(Cc2ccc(I)cc2F)c(C(=O)CCC2CC2)nn(C)c1=O. The zero-order valence-electron chi connectivity index (χ0n) is 14.3. The second-order valence-corrected chi connectivity index (χ2v) is 7.94. The molecule has 0 atom stereocenters. The van der Waals surface area contributed by atoms with Crippen molar-refractivity contribution < 1.29 is 9.18 Å². The summed E-state index contributed by atoms with van der Waals surface area (Å²) in [6.07, 6.45) is 3.86. The molecule has 1 aliphatic rings. The van der Waals surface area contributed by atoms with Crippen LogP contribution in [0, 0.1) is 22.2 Å². The minimum atomic E-state index is -0.330. The molecule has 0 spiro atoms. The van der Waals surface area contributed by atoms with E-state index in [9.17, 15) is 14.0 Å². The molecular formula is C19H20FIN2O2. The van der Waals surface area contributed by atoms with E-state index in [0.717, 1.165) is 9.99 Å². The maximum atomic E-state index is 14.2. The molecule has 0 bridgehead atoms. The van der Waals surface area contributed by atoms with Crippen LogP contribution in [0.5, 0.6) is 0 Å². The Hall–Kier alpha value is -1.57. The number of rotatable bonds is 6. The monoisotopic (exact) mass is 454 g/mol. The van der Waals surface area contributed by atoms with Crippen molar-refractivity contribution in [2.24, 2.45) is 13.0 Å². The lowest BCUT2D eigenvalue weighted by Crippen LogP contribution is -2.28. The maximum Gasteiger partial charge on any atom is 0.269 e. The van der Waals surface area contributed by atoms with E-state index >= 15 is 0 Å². The summed E-state index contributed by atoms with van der Waals surface area (Å²) in [6.45, 7) is 1.68. The Morgan fingerprint density at radius 3 is 2.76 bits per heavy atom. The Labute approximate surface area is 159 Å². The molecule has 1 saturated carbocycles. The number of Topliss-reactive ketones (excluding diaryl/α,β-unsaturated/α-hetero) is 1. The highest BCUT2D eigenvalue weighted by Gasteiger charge is 2.25. The number of halogens is 2. The zero-order chi connectivity index (χ0) is 18.1. The third-order valence-corrected chi connectivity index (χ3v) is 5.40. The second-order valence-electron chi connectivity index (χ2n) is 6.70. The predicted molar refractivity (Wildman–Crippen MR) is 102 cm³/mol. The summed E-state index contributed by atoms with van der Waals surface area (Å²) in [6, 6.07) is 4.97. The molecule has 0 aliphatic heterocycles. The van der Waals surface area contributed by atoms with Crippen LogP contribution in [0.1, 0.15) is 52.9 Å². The number of nitrogens with zero attached hydrogens (tertiary/aromatic N) is 2. The van der Waals surface area contributed by atoms with E-state index in [2.05, 4.69) is 5.10 Å². The van der Waals surface area contributed by atoms with Crippen molar-refractivity contribution in [1.29, 1.82) is 0 Å². The van der Waals surface area contributed by atoms with Gasteiger partial charge in [0.15, 0.2) is 5.78 Å². The van der Waals surface area contributed by atoms with Crippen LogP contribution in [-0.4, -0.2) is 15.6 Å². The fraction of sp³-hybridized carbons (Fsp3) is 0.421. The van der Waals surface area contributed by atoms with E-state index in [1.54, 1.807) is 20.0 Å². The smallest absolute Gasteiger partial charge is 0.269 e. The van der Waals surface area contributed by atoms with E-state index < -0.39 is 0 Å². The standard InChI is InChI=1S/C19H20FIN2O2/c1-11-15(9-13-6-7-14(21)10-16(13)20)18(22-23(2)19(11)25)17(24)8-5-12-3-4-12/h6-7,10,12H,3-5,8-9H2,1-2H3. The van der Waals surface area contributed by atoms with Gasteiger partial charge in [0.25, 0.3) is 5.56 Å². The van der Waals surface area contributed by atoms with Gasteiger partial charge in [-0.05, 0) is 65.1 Å². The molecule has 1 aliphatic carbocycles. The molecule has 0 saturated heterocycles. The Morgan fingerprint density at radius 2 is 2.12 bits per heavy atom. The molecule has 1 heterocycles. The number of aromatic nitrogens is 2. The van der Waals surface area contributed by atoms with E-state index in [-0.39, 0.29) is 23.6 Å². The normalized spacial score (nSPS) is 13.9. The van der Waals surface area contributed by atoms with Crippen molar-refractivity contribution in [1.82, 2.24) is 9.78 Å². The van der Waals surface area contributed by atoms with Crippen molar-refractivity contribution in [2.45, 2.75) is 39.0 Å². The first kappa shape index (κ1) is 18.2. The van der Waals surface area contributed by atoms with Crippen LogP contribution in [0.4, 0.5) is 4.39 Å². The molecule has 0 unspecified atom stereocenters. The number of benzene rings is 1. The molecule has 132 valence electrons. The van der Waals surface area contributed by atoms with Crippen molar-refractivity contribution >= 4 is 28.4 Å². The quantitative estimate of drug-likeness (QED) is 0.493. The molecule has 25 heavy (non-hydrogen) atoms. The lowest BCUT2D eigenvalue weighted by molar-refractivity contribution is 0.0970. The van der Waals surface area contributed by atoms with Gasteiger partial charge in [-0.15, -0.1) is 0 Å². The third-order valence-electron chi connectivity index (χ3n) is 4.73. The van der Waals surface area contributed by atoms with Gasteiger partial charge in [-0.25, -0.2) is 9.07 Å². The number of aryl methyl sites for hydroxylation is 1. The fourth-order valence-corrected chi connectivity index (χ4v) is 3.41. The Morgan fingerprint density at radius 1 is 1.40 bits per heavy atom. The van der Waals surface area contributed by atoms with Crippen LogP contribution in [0.25, 0.3) is 0 Å². The number of hydrogen-bond donors (Lipinski definition) is 0. The minimum absolute atomic E-state index is 0.0634. The summed E-state index contributed by atoms with van der Waals surface area (Å²) in [5.74, 6) is 0.254. The number of ketones is 1. The molecule has 3 rings (SSSR count). The highest BCUT2D eigenvalue weighted by Crippen LogP contribution is 2.34. The summed E-state index contributed by atoms with van der Waals surface area (Å²) in [5, 5.41) is 4.21. The highest BCUT2D eigenvalue weighted by atomic mass is 127. The molecule has 1 fully saturated rings. The predicted octanol–water partition coefficient (Wildman–Crippen LogP) is 3.80. The number of hydrogen-bond acceptors (Lipinski definition) is 3. The zero-order valence-corrected chi connectivity index (χ0v) is 16.5. The Bertz CT molecular complexity index is 888. The van der Waals surface area contributed by atoms with Gasteiger partial charge >= 0.3 is 0 Å². The molecule has 6 heteroatoms. The van der Waals surface area contributed by atoms with Crippen LogP contribution < -0.4 is 5.56 Å². The summed E-state index contributed by atoms with van der Waals surface area (Å²) in [5.41, 5.74) is 1.53. The van der Waals surface area contributed by atoms with Gasteiger partial charge in [0.05, 0.1) is 0 Å². The van der Waals surface area contributed by atoms with Crippen molar-refractivity contribution in [2.75, 3.05) is 0 Å². The van der Waals surface area contributed by atoms with E-state index in [1.165, 1.54) is 23.6 Å². The van der Waals surface area contributed by atoms with Crippen LogP contribution in [-0.2, 0) is 13.5 Å². The Balaban J connectivity index is 1.98. The summed E-state index contributed by atoms with van der Waals surface area (Å²) in [4.78, 5) is 24.9. The molecule has 1 aromatic carbocycles. The first-order chi connectivity index (χ1) is 11.9. The van der Waals surface area contributed by atoms with Gasteiger partial charge in [0.1, 0.15) is 11.5 Å². The molecule has 0 amide bonds. The van der Waals surface area contributed by atoms with Gasteiger partial charge in [-0.1, -0.05) is 18.9 Å². The van der Waals surface area contributed by atoms with Crippen LogP contribution in [0.3, 0.4) is 0 Å². The molecule has 0 radical (unpaired) electrons. The van der Waals surface area contributed by atoms with Gasteiger partial charge in [-0.2, -0.15) is 5.10 Å². The average molecular weight is 454 g/mol. The Kier molecular flexibility index (Phi) is 5.36. The molecule has 2 aromatic rings. The summed E-state index contributed by atoms with van der Waals surface area (Å²) in [7, 11) is 1.54. The largest absolute Gasteiger partial charge is 0.292 e. The summed E-state index contributed by atoms with van der Waals surface area (Å²) < 4.78 is 16.3. The molecular weight excluding hydrogens is 434 g/mol. The highest BCUT2D eigenvalue weighted by molar-refractivity contribution is 14.1.